The molecule has 0 heterocycles. The third-order valence-corrected chi connectivity index (χ3v) is 2.92. The molecule has 0 saturated carbocycles. The van der Waals surface area contributed by atoms with E-state index in [1.807, 2.05) is 45.0 Å². The molecule has 4 nitrogen and oxygen atoms in total. The maximum Gasteiger partial charge on any atom is 0.224 e. The van der Waals surface area contributed by atoms with Gasteiger partial charge in [0.2, 0.25) is 5.91 Å². The summed E-state index contributed by atoms with van der Waals surface area (Å²) >= 11 is 0. The van der Waals surface area contributed by atoms with E-state index in [9.17, 15) is 4.79 Å². The summed E-state index contributed by atoms with van der Waals surface area (Å²) in [5.41, 5.74) is 6.03. The summed E-state index contributed by atoms with van der Waals surface area (Å²) in [6.07, 6.45) is 4.67. The Kier molecular flexibility index (Phi) is 9.86. The molecular weight excluding hydrogens is 300 g/mol. The van der Waals surface area contributed by atoms with Gasteiger partial charge in [0.1, 0.15) is 11.4 Å². The largest absolute Gasteiger partial charge is 0.488 e. The van der Waals surface area contributed by atoms with Crippen LogP contribution in [-0.4, -0.2) is 18.1 Å². The van der Waals surface area contributed by atoms with E-state index in [4.69, 9.17) is 10.5 Å². The highest BCUT2D eigenvalue weighted by atomic mass is 35.5. The number of benzene rings is 1. The smallest absolute Gasteiger partial charge is 0.224 e. The maximum absolute atomic E-state index is 11.8. The number of nitrogens with one attached hydrogen (secondary N) is 1. The Bertz CT molecular complexity index is 427. The normalized spacial score (nSPS) is 10.7. The molecule has 1 aromatic rings. The highest BCUT2D eigenvalue weighted by Crippen LogP contribution is 2.20. The lowest BCUT2D eigenvalue weighted by Gasteiger charge is -2.21. The third kappa shape index (κ3) is 9.64. The van der Waals surface area contributed by atoms with Crippen molar-refractivity contribution in [2.24, 2.45) is 5.73 Å². The van der Waals surface area contributed by atoms with Crippen molar-refractivity contribution in [3.63, 3.8) is 0 Å². The van der Waals surface area contributed by atoms with Gasteiger partial charge in [-0.2, -0.15) is 0 Å². The standard InChI is InChI=1S/C17H28N2O2.ClH/c1-17(2,3)21-15-11-9-14(10-12-15)19-16(20)8-6-4-5-7-13-18;/h9-12H,4-8,13,18H2,1-3H3,(H,19,20);1H. The number of nitrogens with two attached hydrogens (primary N) is 1. The first-order chi connectivity index (χ1) is 9.90. The molecule has 0 saturated heterocycles. The summed E-state index contributed by atoms with van der Waals surface area (Å²) in [4.78, 5) is 11.8. The van der Waals surface area contributed by atoms with Gasteiger partial charge in [-0.3, -0.25) is 4.79 Å². The van der Waals surface area contributed by atoms with Crippen LogP contribution < -0.4 is 15.8 Å². The summed E-state index contributed by atoms with van der Waals surface area (Å²) in [5.74, 6) is 0.870. The average molecular weight is 329 g/mol. The summed E-state index contributed by atoms with van der Waals surface area (Å²) in [5, 5.41) is 2.90. The van der Waals surface area contributed by atoms with Crippen LogP contribution in [0, 0.1) is 0 Å². The zero-order chi connectivity index (χ0) is 15.7. The topological polar surface area (TPSA) is 64.3 Å². The molecular formula is C17H29ClN2O2. The molecule has 1 aromatic carbocycles. The van der Waals surface area contributed by atoms with Crippen molar-refractivity contribution in [2.75, 3.05) is 11.9 Å². The Morgan fingerprint density at radius 1 is 1.09 bits per heavy atom. The van der Waals surface area contributed by atoms with E-state index in [1.165, 1.54) is 0 Å². The van der Waals surface area contributed by atoms with Gasteiger partial charge in [0.15, 0.2) is 0 Å². The Balaban J connectivity index is 0.00000441. The lowest BCUT2D eigenvalue weighted by atomic mass is 10.1. The highest BCUT2D eigenvalue weighted by Gasteiger charge is 2.11. The summed E-state index contributed by atoms with van der Waals surface area (Å²) in [6.45, 7) is 6.75. The summed E-state index contributed by atoms with van der Waals surface area (Å²) in [7, 11) is 0. The zero-order valence-electron chi connectivity index (χ0n) is 13.9. The van der Waals surface area contributed by atoms with Crippen LogP contribution in [0.1, 0.15) is 52.9 Å². The molecule has 0 aliphatic carbocycles. The molecule has 5 heteroatoms. The Hall–Kier alpha value is -1.26. The molecule has 0 aliphatic rings. The zero-order valence-corrected chi connectivity index (χ0v) is 14.7. The highest BCUT2D eigenvalue weighted by molar-refractivity contribution is 5.90. The molecule has 0 bridgehead atoms. The molecule has 22 heavy (non-hydrogen) atoms. The van der Waals surface area contributed by atoms with Crippen molar-refractivity contribution < 1.29 is 9.53 Å². The Labute approximate surface area is 140 Å². The van der Waals surface area contributed by atoms with Gasteiger partial charge in [-0.25, -0.2) is 0 Å². The van der Waals surface area contributed by atoms with E-state index in [1.54, 1.807) is 0 Å². The Morgan fingerprint density at radius 2 is 1.68 bits per heavy atom. The van der Waals surface area contributed by atoms with E-state index in [2.05, 4.69) is 5.32 Å². The average Bonchev–Trinajstić information content (AvgIpc) is 2.39. The number of carbonyl (C=O) groups is 1. The number of hydrogen-bond donors (Lipinski definition) is 2. The molecule has 0 fully saturated rings. The van der Waals surface area contributed by atoms with Crippen LogP contribution >= 0.6 is 12.4 Å². The molecule has 0 aliphatic heterocycles. The monoisotopic (exact) mass is 328 g/mol. The van der Waals surface area contributed by atoms with Crippen molar-refractivity contribution in [1.82, 2.24) is 0 Å². The number of carbonyl (C=O) groups excluding carboxylic acids is 1. The first kappa shape index (κ1) is 20.7. The quantitative estimate of drug-likeness (QED) is 0.705. The molecule has 0 radical (unpaired) electrons. The first-order valence-electron chi connectivity index (χ1n) is 7.70. The van der Waals surface area contributed by atoms with Crippen LogP contribution in [0.3, 0.4) is 0 Å². The predicted octanol–water partition coefficient (Wildman–Crippen LogP) is 4.13. The van der Waals surface area contributed by atoms with Crippen LogP contribution in [0.2, 0.25) is 0 Å². The second kappa shape index (κ2) is 10.5. The van der Waals surface area contributed by atoms with Crippen LogP contribution in [0.4, 0.5) is 5.69 Å². The molecule has 126 valence electrons. The molecule has 1 rings (SSSR count). The number of ether oxygens (including phenoxy) is 1. The molecule has 0 unspecified atom stereocenters. The predicted molar refractivity (Wildman–Crippen MR) is 94.8 cm³/mol. The lowest BCUT2D eigenvalue weighted by molar-refractivity contribution is -0.116. The van der Waals surface area contributed by atoms with Gasteiger partial charge >= 0.3 is 0 Å². The number of anilines is 1. The van der Waals surface area contributed by atoms with Crippen molar-refractivity contribution >= 4 is 24.0 Å². The third-order valence-electron chi connectivity index (χ3n) is 2.92. The molecule has 0 atom stereocenters. The van der Waals surface area contributed by atoms with Crippen molar-refractivity contribution in [3.05, 3.63) is 24.3 Å². The van der Waals surface area contributed by atoms with Gasteiger partial charge < -0.3 is 15.8 Å². The Morgan fingerprint density at radius 3 is 2.23 bits per heavy atom. The van der Waals surface area contributed by atoms with Gasteiger partial charge in [-0.1, -0.05) is 12.8 Å². The van der Waals surface area contributed by atoms with Crippen molar-refractivity contribution in [2.45, 2.75) is 58.5 Å². The van der Waals surface area contributed by atoms with Crippen molar-refractivity contribution in [3.8, 4) is 5.75 Å². The van der Waals surface area contributed by atoms with Crippen LogP contribution in [0.15, 0.2) is 24.3 Å². The number of halogens is 1. The van der Waals surface area contributed by atoms with Crippen LogP contribution in [0.25, 0.3) is 0 Å². The number of rotatable bonds is 8. The summed E-state index contributed by atoms with van der Waals surface area (Å²) in [6, 6.07) is 7.49. The first-order valence-corrected chi connectivity index (χ1v) is 7.70. The van der Waals surface area contributed by atoms with Gasteiger partial charge in [0.05, 0.1) is 0 Å². The molecule has 0 spiro atoms. The van der Waals surface area contributed by atoms with Gasteiger partial charge in [-0.15, -0.1) is 12.4 Å². The van der Waals surface area contributed by atoms with E-state index in [0.29, 0.717) is 6.42 Å². The van der Waals surface area contributed by atoms with E-state index in [0.717, 1.165) is 43.7 Å². The van der Waals surface area contributed by atoms with Gasteiger partial charge in [0.25, 0.3) is 0 Å². The fraction of sp³-hybridized carbons (Fsp3) is 0.588. The minimum atomic E-state index is -0.214. The second-order valence-electron chi connectivity index (χ2n) is 6.24. The summed E-state index contributed by atoms with van der Waals surface area (Å²) < 4.78 is 5.74. The number of amides is 1. The molecule has 3 N–H and O–H groups in total. The van der Waals surface area contributed by atoms with Gasteiger partial charge in [-0.05, 0) is 64.4 Å². The minimum absolute atomic E-state index is 0. The van der Waals surface area contributed by atoms with E-state index < -0.39 is 0 Å². The lowest BCUT2D eigenvalue weighted by Crippen LogP contribution is -2.22. The number of hydrogen-bond acceptors (Lipinski definition) is 3. The minimum Gasteiger partial charge on any atom is -0.488 e. The second-order valence-corrected chi connectivity index (χ2v) is 6.24. The fourth-order valence-corrected chi connectivity index (χ4v) is 1.97. The maximum atomic E-state index is 11.8. The SMILES string of the molecule is CC(C)(C)Oc1ccc(NC(=O)CCCCCCN)cc1.Cl. The van der Waals surface area contributed by atoms with Crippen LogP contribution in [0.5, 0.6) is 5.75 Å². The molecule has 0 aromatic heterocycles. The number of unbranched alkanes of at least 4 members (excludes halogenated alkanes) is 3. The fourth-order valence-electron chi connectivity index (χ4n) is 1.97. The van der Waals surface area contributed by atoms with E-state index in [-0.39, 0.29) is 23.9 Å². The van der Waals surface area contributed by atoms with Crippen LogP contribution in [-0.2, 0) is 4.79 Å². The van der Waals surface area contributed by atoms with E-state index >= 15 is 0 Å². The van der Waals surface area contributed by atoms with Gasteiger partial charge in [0, 0.05) is 12.1 Å². The van der Waals surface area contributed by atoms with Crippen molar-refractivity contribution in [1.29, 1.82) is 0 Å². The molecule has 1 amide bonds.